The third-order valence-electron chi connectivity index (χ3n) is 2.71. The number of hydrogen-bond donors (Lipinski definition) is 2. The van der Waals surface area contributed by atoms with Crippen molar-refractivity contribution in [1.29, 1.82) is 0 Å². The molecule has 0 saturated carbocycles. The lowest BCUT2D eigenvalue weighted by Crippen LogP contribution is -2.32. The fraction of sp³-hybridized carbons (Fsp3) is 0.500. The minimum atomic E-state index is -0.445. The monoisotopic (exact) mass is 267 g/mol. The molecule has 0 spiro atoms. The van der Waals surface area contributed by atoms with Crippen LogP contribution in [-0.2, 0) is 4.79 Å². The minimum Gasteiger partial charge on any atom is -0.391 e. The van der Waals surface area contributed by atoms with Gasteiger partial charge in [-0.3, -0.25) is 4.79 Å². The van der Waals surface area contributed by atoms with Gasteiger partial charge in [0, 0.05) is 11.4 Å². The van der Waals surface area contributed by atoms with Crippen LogP contribution < -0.4 is 5.32 Å². The number of aryl methyl sites for hydroxylation is 2. The van der Waals surface area contributed by atoms with Gasteiger partial charge in [-0.05, 0) is 31.9 Å². The smallest absolute Gasteiger partial charge is 0.230 e. The van der Waals surface area contributed by atoms with Gasteiger partial charge in [0.05, 0.1) is 11.9 Å². The number of carbonyl (C=O) groups is 1. The van der Waals surface area contributed by atoms with E-state index in [1.54, 1.807) is 0 Å². The van der Waals surface area contributed by atoms with E-state index in [0.29, 0.717) is 18.7 Å². The lowest BCUT2D eigenvalue weighted by atomic mass is 10.2. The molecule has 0 radical (unpaired) electrons. The van der Waals surface area contributed by atoms with Crippen molar-refractivity contribution in [3.8, 4) is 0 Å². The van der Waals surface area contributed by atoms with E-state index in [9.17, 15) is 9.90 Å². The van der Waals surface area contributed by atoms with Crippen LogP contribution in [0, 0.1) is 13.8 Å². The molecule has 0 aliphatic rings. The maximum Gasteiger partial charge on any atom is 0.230 e. The van der Waals surface area contributed by atoms with Gasteiger partial charge in [0.15, 0.2) is 0 Å². The summed E-state index contributed by atoms with van der Waals surface area (Å²) in [7, 11) is 0. The molecule has 0 aliphatic heterocycles. The van der Waals surface area contributed by atoms with Gasteiger partial charge < -0.3 is 10.4 Å². The topological polar surface area (TPSA) is 49.3 Å². The Labute approximate surface area is 113 Å². The van der Waals surface area contributed by atoms with Gasteiger partial charge >= 0.3 is 0 Å². The molecular weight excluding hydrogens is 246 g/mol. The Bertz CT molecular complexity index is 407. The van der Waals surface area contributed by atoms with Crippen LogP contribution in [0.3, 0.4) is 0 Å². The number of benzene rings is 1. The van der Waals surface area contributed by atoms with Crippen LogP contribution in [0.5, 0.6) is 0 Å². The van der Waals surface area contributed by atoms with E-state index in [0.717, 1.165) is 4.90 Å². The average molecular weight is 267 g/mol. The molecule has 2 N–H and O–H groups in total. The third kappa shape index (κ3) is 5.10. The van der Waals surface area contributed by atoms with Gasteiger partial charge in [-0.2, -0.15) is 0 Å². The van der Waals surface area contributed by atoms with Gasteiger partial charge in [-0.15, -0.1) is 11.8 Å². The molecule has 100 valence electrons. The molecule has 4 heteroatoms. The Balaban J connectivity index is 2.40. The highest BCUT2D eigenvalue weighted by Gasteiger charge is 2.07. The normalized spacial score (nSPS) is 12.2. The van der Waals surface area contributed by atoms with Crippen LogP contribution in [0.15, 0.2) is 23.1 Å². The number of rotatable bonds is 6. The Morgan fingerprint density at radius 1 is 1.44 bits per heavy atom. The van der Waals surface area contributed by atoms with Crippen LogP contribution in [0.4, 0.5) is 0 Å². The SMILES string of the molecule is CCC(O)CNC(=O)CSc1cc(C)ccc1C. The van der Waals surface area contributed by atoms with Gasteiger partial charge in [0.1, 0.15) is 0 Å². The lowest BCUT2D eigenvalue weighted by Gasteiger charge is -2.10. The number of carbonyl (C=O) groups excluding carboxylic acids is 1. The summed E-state index contributed by atoms with van der Waals surface area (Å²) in [4.78, 5) is 12.7. The molecular formula is C14H21NO2S. The molecule has 0 saturated heterocycles. The van der Waals surface area contributed by atoms with Crippen LogP contribution in [0.1, 0.15) is 24.5 Å². The van der Waals surface area contributed by atoms with Crippen LogP contribution in [-0.4, -0.2) is 29.4 Å². The Morgan fingerprint density at radius 2 is 2.17 bits per heavy atom. The zero-order valence-electron chi connectivity index (χ0n) is 11.2. The molecule has 18 heavy (non-hydrogen) atoms. The van der Waals surface area contributed by atoms with E-state index in [1.165, 1.54) is 22.9 Å². The summed E-state index contributed by atoms with van der Waals surface area (Å²) in [5, 5.41) is 12.1. The van der Waals surface area contributed by atoms with Crippen LogP contribution >= 0.6 is 11.8 Å². The standard InChI is InChI=1S/C14H21NO2S/c1-4-12(16)8-15-14(17)9-18-13-7-10(2)5-6-11(13)3/h5-7,12,16H,4,8-9H2,1-3H3,(H,15,17). The number of nitrogens with one attached hydrogen (secondary N) is 1. The maximum absolute atomic E-state index is 11.6. The summed E-state index contributed by atoms with van der Waals surface area (Å²) < 4.78 is 0. The summed E-state index contributed by atoms with van der Waals surface area (Å²) in [5.74, 6) is 0.356. The van der Waals surface area contributed by atoms with E-state index in [2.05, 4.69) is 23.5 Å². The summed E-state index contributed by atoms with van der Waals surface area (Å²) in [6, 6.07) is 6.22. The number of thioether (sulfide) groups is 1. The predicted octanol–water partition coefficient (Wildman–Crippen LogP) is 2.28. The molecule has 0 bridgehead atoms. The van der Waals surface area contributed by atoms with Crippen molar-refractivity contribution in [2.45, 2.75) is 38.2 Å². The largest absolute Gasteiger partial charge is 0.391 e. The molecule has 1 atom stereocenters. The summed E-state index contributed by atoms with van der Waals surface area (Å²) in [6.07, 6.45) is 0.212. The Hall–Kier alpha value is -1.00. The fourth-order valence-corrected chi connectivity index (χ4v) is 2.39. The molecule has 1 amide bonds. The van der Waals surface area contributed by atoms with E-state index in [1.807, 2.05) is 20.8 Å². The molecule has 0 aliphatic carbocycles. The molecule has 0 fully saturated rings. The first kappa shape index (κ1) is 15.1. The van der Waals surface area contributed by atoms with Crippen LogP contribution in [0.25, 0.3) is 0 Å². The van der Waals surface area contributed by atoms with Crippen molar-refractivity contribution in [3.05, 3.63) is 29.3 Å². The number of hydrogen-bond acceptors (Lipinski definition) is 3. The Morgan fingerprint density at radius 3 is 2.83 bits per heavy atom. The van der Waals surface area contributed by atoms with E-state index in [4.69, 9.17) is 0 Å². The molecule has 3 nitrogen and oxygen atoms in total. The zero-order valence-corrected chi connectivity index (χ0v) is 12.0. The molecule has 1 aromatic rings. The van der Waals surface area contributed by atoms with Gasteiger partial charge in [-0.25, -0.2) is 0 Å². The van der Waals surface area contributed by atoms with E-state index < -0.39 is 6.10 Å². The quantitative estimate of drug-likeness (QED) is 0.777. The highest BCUT2D eigenvalue weighted by Crippen LogP contribution is 2.23. The van der Waals surface area contributed by atoms with Gasteiger partial charge in [0.25, 0.3) is 0 Å². The second-order valence-electron chi connectivity index (χ2n) is 4.42. The summed E-state index contributed by atoms with van der Waals surface area (Å²) >= 11 is 1.53. The van der Waals surface area contributed by atoms with E-state index >= 15 is 0 Å². The molecule has 1 aromatic carbocycles. The number of amides is 1. The third-order valence-corrected chi connectivity index (χ3v) is 3.87. The van der Waals surface area contributed by atoms with Crippen molar-refractivity contribution in [1.82, 2.24) is 5.32 Å². The summed E-state index contributed by atoms with van der Waals surface area (Å²) in [6.45, 7) is 6.31. The molecule has 0 heterocycles. The molecule has 0 aromatic heterocycles. The van der Waals surface area contributed by atoms with Gasteiger partial charge in [-0.1, -0.05) is 24.6 Å². The predicted molar refractivity (Wildman–Crippen MR) is 75.9 cm³/mol. The number of aliphatic hydroxyl groups is 1. The zero-order chi connectivity index (χ0) is 13.5. The second kappa shape index (κ2) is 7.44. The second-order valence-corrected chi connectivity index (χ2v) is 5.44. The lowest BCUT2D eigenvalue weighted by molar-refractivity contribution is -0.119. The first-order valence-electron chi connectivity index (χ1n) is 6.17. The first-order valence-corrected chi connectivity index (χ1v) is 7.16. The van der Waals surface area contributed by atoms with Crippen molar-refractivity contribution in [2.24, 2.45) is 0 Å². The van der Waals surface area contributed by atoms with Crippen molar-refractivity contribution in [2.75, 3.05) is 12.3 Å². The Kier molecular flexibility index (Phi) is 6.22. The highest BCUT2D eigenvalue weighted by molar-refractivity contribution is 8.00. The minimum absolute atomic E-state index is 0.0339. The number of aliphatic hydroxyl groups excluding tert-OH is 1. The summed E-state index contributed by atoms with van der Waals surface area (Å²) in [5.41, 5.74) is 2.39. The fourth-order valence-electron chi connectivity index (χ4n) is 1.43. The van der Waals surface area contributed by atoms with Crippen LogP contribution in [0.2, 0.25) is 0 Å². The van der Waals surface area contributed by atoms with Crippen molar-refractivity contribution < 1.29 is 9.90 Å². The molecule has 1 unspecified atom stereocenters. The maximum atomic E-state index is 11.6. The first-order chi connectivity index (χ1) is 8.52. The highest BCUT2D eigenvalue weighted by atomic mass is 32.2. The molecule has 1 rings (SSSR count). The van der Waals surface area contributed by atoms with Gasteiger partial charge in [0.2, 0.25) is 5.91 Å². The van der Waals surface area contributed by atoms with Crippen molar-refractivity contribution >= 4 is 17.7 Å². The average Bonchev–Trinajstić information content (AvgIpc) is 2.36. The van der Waals surface area contributed by atoms with Crippen molar-refractivity contribution in [3.63, 3.8) is 0 Å². The van der Waals surface area contributed by atoms with E-state index in [-0.39, 0.29) is 5.91 Å².